The van der Waals surface area contributed by atoms with Gasteiger partial charge in [0, 0.05) is 11.6 Å². The zero-order chi connectivity index (χ0) is 11.5. The number of rotatable bonds is 2. The molecule has 1 aliphatic rings. The lowest BCUT2D eigenvalue weighted by Crippen LogP contribution is -2.26. The van der Waals surface area contributed by atoms with Crippen molar-refractivity contribution in [3.05, 3.63) is 28.3 Å². The molecule has 0 radical (unpaired) electrons. The van der Waals surface area contributed by atoms with Crippen LogP contribution < -0.4 is 5.32 Å². The van der Waals surface area contributed by atoms with Crippen molar-refractivity contribution < 1.29 is 5.11 Å². The Kier molecular flexibility index (Phi) is 3.72. The number of aryl methyl sites for hydroxylation is 1. The molecule has 1 heterocycles. The van der Waals surface area contributed by atoms with E-state index in [1.54, 1.807) is 0 Å². The standard InChI is InChI=1S/C13H18ClNO/c1-2-9-7-10(13(16)11(14)8-9)12-5-3-4-6-15-12/h7-8,12,15-16H,2-6H2,1H3. The summed E-state index contributed by atoms with van der Waals surface area (Å²) in [4.78, 5) is 0. The first kappa shape index (κ1) is 11.7. The lowest BCUT2D eigenvalue weighted by atomic mass is 9.95. The van der Waals surface area contributed by atoms with Crippen LogP contribution in [0.4, 0.5) is 0 Å². The summed E-state index contributed by atoms with van der Waals surface area (Å²) in [5, 5.41) is 13.9. The van der Waals surface area contributed by atoms with E-state index in [-0.39, 0.29) is 11.8 Å². The predicted octanol–water partition coefficient (Wildman–Crippen LogP) is 3.42. The molecule has 1 saturated heterocycles. The van der Waals surface area contributed by atoms with Crippen LogP contribution in [0.2, 0.25) is 5.02 Å². The molecule has 1 aromatic carbocycles. The Labute approximate surface area is 102 Å². The van der Waals surface area contributed by atoms with E-state index in [0.717, 1.165) is 24.9 Å². The van der Waals surface area contributed by atoms with Gasteiger partial charge in [0.1, 0.15) is 5.75 Å². The topological polar surface area (TPSA) is 32.3 Å². The smallest absolute Gasteiger partial charge is 0.138 e. The lowest BCUT2D eigenvalue weighted by molar-refractivity contribution is 0.391. The summed E-state index contributed by atoms with van der Waals surface area (Å²) in [6.45, 7) is 3.12. The van der Waals surface area contributed by atoms with E-state index >= 15 is 0 Å². The minimum absolute atomic E-state index is 0.248. The highest BCUT2D eigenvalue weighted by Crippen LogP contribution is 2.36. The number of hydrogen-bond acceptors (Lipinski definition) is 2. The van der Waals surface area contributed by atoms with Crippen LogP contribution in [-0.4, -0.2) is 11.7 Å². The SMILES string of the molecule is CCc1cc(Cl)c(O)c(C2CCCCN2)c1. The molecule has 1 unspecified atom stereocenters. The van der Waals surface area contributed by atoms with Crippen molar-refractivity contribution >= 4 is 11.6 Å². The maximum atomic E-state index is 10.00. The zero-order valence-electron chi connectivity index (χ0n) is 9.59. The van der Waals surface area contributed by atoms with E-state index < -0.39 is 0 Å². The molecule has 16 heavy (non-hydrogen) atoms. The van der Waals surface area contributed by atoms with Gasteiger partial charge in [0.2, 0.25) is 0 Å². The third-order valence-electron chi connectivity index (χ3n) is 3.25. The summed E-state index contributed by atoms with van der Waals surface area (Å²) in [6, 6.07) is 4.19. The van der Waals surface area contributed by atoms with Crippen LogP contribution in [0, 0.1) is 0 Å². The highest BCUT2D eigenvalue weighted by atomic mass is 35.5. The van der Waals surface area contributed by atoms with E-state index in [0.29, 0.717) is 5.02 Å². The van der Waals surface area contributed by atoms with Gasteiger partial charge in [-0.2, -0.15) is 0 Å². The van der Waals surface area contributed by atoms with Crippen LogP contribution in [0.1, 0.15) is 43.4 Å². The zero-order valence-corrected chi connectivity index (χ0v) is 10.3. The molecule has 1 fully saturated rings. The van der Waals surface area contributed by atoms with Gasteiger partial charge in [-0.3, -0.25) is 0 Å². The Morgan fingerprint density at radius 2 is 2.25 bits per heavy atom. The second-order valence-electron chi connectivity index (χ2n) is 4.37. The Balaban J connectivity index is 2.33. The summed E-state index contributed by atoms with van der Waals surface area (Å²) in [7, 11) is 0. The Hall–Kier alpha value is -0.730. The molecule has 1 aromatic rings. The molecule has 3 heteroatoms. The van der Waals surface area contributed by atoms with Crippen molar-refractivity contribution in [2.75, 3.05) is 6.54 Å². The second-order valence-corrected chi connectivity index (χ2v) is 4.78. The molecule has 1 aliphatic heterocycles. The Bertz CT molecular complexity index is 372. The van der Waals surface area contributed by atoms with Crippen LogP contribution in [0.5, 0.6) is 5.75 Å². The summed E-state index contributed by atoms with van der Waals surface area (Å²) < 4.78 is 0. The quantitative estimate of drug-likeness (QED) is 0.829. The van der Waals surface area contributed by atoms with Crippen molar-refractivity contribution in [2.45, 2.75) is 38.6 Å². The maximum Gasteiger partial charge on any atom is 0.138 e. The van der Waals surface area contributed by atoms with E-state index in [1.807, 2.05) is 6.07 Å². The van der Waals surface area contributed by atoms with Gasteiger partial charge in [0.25, 0.3) is 0 Å². The normalized spacial score (nSPS) is 21.0. The van der Waals surface area contributed by atoms with Gasteiger partial charge in [-0.15, -0.1) is 0 Å². The van der Waals surface area contributed by atoms with E-state index in [9.17, 15) is 5.11 Å². The second kappa shape index (κ2) is 5.07. The molecular weight excluding hydrogens is 222 g/mol. The average molecular weight is 240 g/mol. The molecule has 88 valence electrons. The van der Waals surface area contributed by atoms with Gasteiger partial charge >= 0.3 is 0 Å². The van der Waals surface area contributed by atoms with Gasteiger partial charge in [-0.25, -0.2) is 0 Å². The molecule has 2 rings (SSSR count). The average Bonchev–Trinajstić information content (AvgIpc) is 2.33. The third-order valence-corrected chi connectivity index (χ3v) is 3.53. The Morgan fingerprint density at radius 3 is 2.88 bits per heavy atom. The maximum absolute atomic E-state index is 10.00. The van der Waals surface area contributed by atoms with Crippen LogP contribution >= 0.6 is 11.6 Å². The molecule has 0 aliphatic carbocycles. The summed E-state index contributed by atoms with van der Waals surface area (Å²) >= 11 is 6.04. The van der Waals surface area contributed by atoms with E-state index in [2.05, 4.69) is 18.3 Å². The predicted molar refractivity (Wildman–Crippen MR) is 67.1 cm³/mol. The Morgan fingerprint density at radius 1 is 1.44 bits per heavy atom. The molecule has 2 nitrogen and oxygen atoms in total. The first-order valence-corrected chi connectivity index (χ1v) is 6.35. The fraction of sp³-hybridized carbons (Fsp3) is 0.538. The number of nitrogens with one attached hydrogen (secondary N) is 1. The number of aromatic hydroxyl groups is 1. The number of phenolic OH excluding ortho intramolecular Hbond substituents is 1. The van der Waals surface area contributed by atoms with Crippen LogP contribution in [0.15, 0.2) is 12.1 Å². The molecular formula is C13H18ClNO. The minimum Gasteiger partial charge on any atom is -0.506 e. The summed E-state index contributed by atoms with van der Waals surface area (Å²) in [5.74, 6) is 0.248. The molecule has 0 saturated carbocycles. The highest BCUT2D eigenvalue weighted by molar-refractivity contribution is 6.32. The van der Waals surface area contributed by atoms with Gasteiger partial charge in [0.05, 0.1) is 5.02 Å². The molecule has 0 amide bonds. The van der Waals surface area contributed by atoms with Gasteiger partial charge in [-0.05, 0) is 37.4 Å². The minimum atomic E-state index is 0.248. The van der Waals surface area contributed by atoms with Gasteiger partial charge in [-0.1, -0.05) is 31.0 Å². The number of hydrogen-bond donors (Lipinski definition) is 2. The summed E-state index contributed by atoms with van der Waals surface area (Å²) in [6.07, 6.45) is 4.46. The summed E-state index contributed by atoms with van der Waals surface area (Å²) in [5.41, 5.74) is 2.15. The molecule has 2 N–H and O–H groups in total. The van der Waals surface area contributed by atoms with Crippen molar-refractivity contribution in [3.8, 4) is 5.75 Å². The molecule has 0 aromatic heterocycles. The van der Waals surface area contributed by atoms with Crippen molar-refractivity contribution in [1.29, 1.82) is 0 Å². The van der Waals surface area contributed by atoms with Gasteiger partial charge in [0.15, 0.2) is 0 Å². The van der Waals surface area contributed by atoms with E-state index in [1.165, 1.54) is 18.4 Å². The monoisotopic (exact) mass is 239 g/mol. The van der Waals surface area contributed by atoms with Crippen LogP contribution in [0.25, 0.3) is 0 Å². The number of phenols is 1. The largest absolute Gasteiger partial charge is 0.506 e. The highest BCUT2D eigenvalue weighted by Gasteiger charge is 2.19. The first-order valence-electron chi connectivity index (χ1n) is 5.97. The lowest BCUT2D eigenvalue weighted by Gasteiger charge is -2.25. The van der Waals surface area contributed by atoms with Gasteiger partial charge < -0.3 is 10.4 Å². The van der Waals surface area contributed by atoms with Crippen LogP contribution in [0.3, 0.4) is 0 Å². The third kappa shape index (κ3) is 2.33. The molecule has 0 spiro atoms. The number of benzene rings is 1. The van der Waals surface area contributed by atoms with Crippen molar-refractivity contribution in [1.82, 2.24) is 5.32 Å². The number of halogens is 1. The van der Waals surface area contributed by atoms with Crippen molar-refractivity contribution in [2.24, 2.45) is 0 Å². The number of piperidine rings is 1. The first-order chi connectivity index (χ1) is 7.72. The fourth-order valence-corrected chi connectivity index (χ4v) is 2.52. The van der Waals surface area contributed by atoms with E-state index in [4.69, 9.17) is 11.6 Å². The van der Waals surface area contributed by atoms with Crippen molar-refractivity contribution in [3.63, 3.8) is 0 Å². The van der Waals surface area contributed by atoms with Crippen LogP contribution in [-0.2, 0) is 6.42 Å². The molecule has 0 bridgehead atoms. The fourth-order valence-electron chi connectivity index (χ4n) is 2.27. The molecule has 1 atom stereocenters.